The highest BCUT2D eigenvalue weighted by molar-refractivity contribution is 6.44. The number of carbonyl (C=O) groups is 2. The lowest BCUT2D eigenvalue weighted by Gasteiger charge is -2.09. The number of halogens is 3. The Balaban J connectivity index is 1.75. The molecule has 0 saturated carbocycles. The maximum absolute atomic E-state index is 11.8. The first kappa shape index (κ1) is 18.5. The Morgan fingerprint density at radius 3 is 2.17 bits per heavy atom. The van der Waals surface area contributed by atoms with Crippen molar-refractivity contribution in [3.8, 4) is 0 Å². The Kier molecular flexibility index (Phi) is 6.87. The third-order valence-corrected chi connectivity index (χ3v) is 3.89. The number of benzene rings is 2. The van der Waals surface area contributed by atoms with Crippen LogP contribution in [0.4, 0.5) is 11.4 Å². The first-order valence-corrected chi connectivity index (χ1v) is 7.96. The van der Waals surface area contributed by atoms with Gasteiger partial charge in [-0.05, 0) is 36.4 Å². The van der Waals surface area contributed by atoms with E-state index in [9.17, 15) is 9.59 Å². The van der Waals surface area contributed by atoms with E-state index in [1.807, 2.05) is 0 Å². The summed E-state index contributed by atoms with van der Waals surface area (Å²) in [6.45, 7) is -0.559. The second kappa shape index (κ2) is 8.89. The standard InChI is InChI=1S/C16H13Cl3N2O3/c17-10-4-6-11(7-5-10)20-14(22)8-24-9-15(23)21-13-3-1-2-12(18)16(13)19/h1-7H,8-9H2,(H,20,22)(H,21,23). The largest absolute Gasteiger partial charge is 0.362 e. The molecule has 0 heterocycles. The summed E-state index contributed by atoms with van der Waals surface area (Å²) < 4.78 is 5.07. The molecule has 24 heavy (non-hydrogen) atoms. The van der Waals surface area contributed by atoms with E-state index < -0.39 is 5.91 Å². The highest BCUT2D eigenvalue weighted by Crippen LogP contribution is 2.29. The monoisotopic (exact) mass is 386 g/mol. The zero-order valence-corrected chi connectivity index (χ0v) is 14.6. The van der Waals surface area contributed by atoms with Gasteiger partial charge in [0, 0.05) is 10.7 Å². The second-order valence-electron chi connectivity index (χ2n) is 4.70. The van der Waals surface area contributed by atoms with E-state index in [0.717, 1.165) is 0 Å². The van der Waals surface area contributed by atoms with Gasteiger partial charge in [0.15, 0.2) is 0 Å². The van der Waals surface area contributed by atoms with Crippen molar-refractivity contribution in [2.75, 3.05) is 23.8 Å². The van der Waals surface area contributed by atoms with Gasteiger partial charge < -0.3 is 15.4 Å². The fourth-order valence-corrected chi connectivity index (χ4v) is 2.23. The Morgan fingerprint density at radius 1 is 0.875 bits per heavy atom. The number of hydrogen-bond acceptors (Lipinski definition) is 3. The van der Waals surface area contributed by atoms with Gasteiger partial charge >= 0.3 is 0 Å². The minimum absolute atomic E-state index is 0.244. The number of hydrogen-bond donors (Lipinski definition) is 2. The lowest BCUT2D eigenvalue weighted by Crippen LogP contribution is -2.24. The van der Waals surface area contributed by atoms with Crippen LogP contribution in [0.15, 0.2) is 42.5 Å². The summed E-state index contributed by atoms with van der Waals surface area (Å²) in [6, 6.07) is 11.5. The van der Waals surface area contributed by atoms with Crippen LogP contribution in [-0.2, 0) is 14.3 Å². The van der Waals surface area contributed by atoms with Gasteiger partial charge in [0.25, 0.3) is 0 Å². The van der Waals surface area contributed by atoms with E-state index in [1.54, 1.807) is 42.5 Å². The van der Waals surface area contributed by atoms with Crippen molar-refractivity contribution in [3.63, 3.8) is 0 Å². The molecular weight excluding hydrogens is 375 g/mol. The Bertz CT molecular complexity index is 736. The van der Waals surface area contributed by atoms with Gasteiger partial charge in [-0.1, -0.05) is 40.9 Å². The fourth-order valence-electron chi connectivity index (χ4n) is 1.75. The first-order chi connectivity index (χ1) is 11.5. The molecular formula is C16H13Cl3N2O3. The molecule has 126 valence electrons. The molecule has 2 N–H and O–H groups in total. The molecule has 0 bridgehead atoms. The molecule has 0 atom stereocenters. The maximum Gasteiger partial charge on any atom is 0.250 e. The van der Waals surface area contributed by atoms with Crippen molar-refractivity contribution in [3.05, 3.63) is 57.5 Å². The topological polar surface area (TPSA) is 67.4 Å². The van der Waals surface area contributed by atoms with Crippen molar-refractivity contribution >= 4 is 58.0 Å². The average molecular weight is 388 g/mol. The molecule has 2 amide bonds. The zero-order chi connectivity index (χ0) is 17.5. The predicted molar refractivity (Wildman–Crippen MR) is 96.0 cm³/mol. The molecule has 0 aliphatic heterocycles. The zero-order valence-electron chi connectivity index (χ0n) is 12.3. The van der Waals surface area contributed by atoms with Crippen LogP contribution in [0, 0.1) is 0 Å². The SMILES string of the molecule is O=C(COCC(=O)Nc1cccc(Cl)c1Cl)Nc1ccc(Cl)cc1. The van der Waals surface area contributed by atoms with E-state index in [0.29, 0.717) is 21.4 Å². The number of nitrogens with one attached hydrogen (secondary N) is 2. The molecule has 8 heteroatoms. The lowest BCUT2D eigenvalue weighted by molar-refractivity contribution is -0.125. The molecule has 0 saturated heterocycles. The van der Waals surface area contributed by atoms with Crippen molar-refractivity contribution in [2.24, 2.45) is 0 Å². The summed E-state index contributed by atoms with van der Waals surface area (Å²) >= 11 is 17.6. The molecule has 2 aromatic rings. The minimum atomic E-state index is -0.446. The van der Waals surface area contributed by atoms with Gasteiger partial charge in [0.1, 0.15) is 13.2 Å². The molecule has 0 fully saturated rings. The summed E-state index contributed by atoms with van der Waals surface area (Å²) in [4.78, 5) is 23.5. The molecule has 5 nitrogen and oxygen atoms in total. The van der Waals surface area contributed by atoms with Gasteiger partial charge in [-0.15, -0.1) is 0 Å². The lowest BCUT2D eigenvalue weighted by atomic mass is 10.3. The van der Waals surface area contributed by atoms with Crippen LogP contribution in [0.1, 0.15) is 0 Å². The summed E-state index contributed by atoms with van der Waals surface area (Å²) in [7, 11) is 0. The van der Waals surface area contributed by atoms with Gasteiger partial charge in [-0.25, -0.2) is 0 Å². The fraction of sp³-hybridized carbons (Fsp3) is 0.125. The smallest absolute Gasteiger partial charge is 0.250 e. The van der Waals surface area contributed by atoms with Crippen LogP contribution in [0.5, 0.6) is 0 Å². The highest BCUT2D eigenvalue weighted by Gasteiger charge is 2.09. The summed E-state index contributed by atoms with van der Waals surface area (Å²) in [5.74, 6) is -0.829. The van der Waals surface area contributed by atoms with Crippen molar-refractivity contribution in [1.29, 1.82) is 0 Å². The van der Waals surface area contributed by atoms with Gasteiger partial charge in [-0.2, -0.15) is 0 Å². The predicted octanol–water partition coefficient (Wildman–Crippen LogP) is 4.24. The van der Waals surface area contributed by atoms with Crippen molar-refractivity contribution in [1.82, 2.24) is 0 Å². The third kappa shape index (κ3) is 5.69. The normalized spacial score (nSPS) is 10.3. The molecule has 0 unspecified atom stereocenters. The highest BCUT2D eigenvalue weighted by atomic mass is 35.5. The average Bonchev–Trinajstić information content (AvgIpc) is 2.54. The van der Waals surface area contributed by atoms with E-state index >= 15 is 0 Å². The van der Waals surface area contributed by atoms with Crippen LogP contribution in [-0.4, -0.2) is 25.0 Å². The Hall–Kier alpha value is -1.79. The van der Waals surface area contributed by atoms with E-state index in [1.165, 1.54) is 0 Å². The van der Waals surface area contributed by atoms with Gasteiger partial charge in [0.05, 0.1) is 15.7 Å². The molecule has 0 aliphatic rings. The molecule has 2 rings (SSSR count). The van der Waals surface area contributed by atoms with E-state index in [2.05, 4.69) is 10.6 Å². The number of ether oxygens (including phenoxy) is 1. The van der Waals surface area contributed by atoms with E-state index in [-0.39, 0.29) is 24.1 Å². The molecule has 0 aliphatic carbocycles. The number of rotatable bonds is 6. The van der Waals surface area contributed by atoms with Crippen molar-refractivity contribution in [2.45, 2.75) is 0 Å². The summed E-state index contributed by atoms with van der Waals surface area (Å²) in [6.07, 6.45) is 0. The minimum Gasteiger partial charge on any atom is -0.362 e. The Labute approximate surface area is 153 Å². The molecule has 0 spiro atoms. The Morgan fingerprint density at radius 2 is 1.50 bits per heavy atom. The molecule has 0 radical (unpaired) electrons. The van der Waals surface area contributed by atoms with Crippen LogP contribution in [0.2, 0.25) is 15.1 Å². The van der Waals surface area contributed by atoms with Gasteiger partial charge in [-0.3, -0.25) is 9.59 Å². The summed E-state index contributed by atoms with van der Waals surface area (Å²) in [5.41, 5.74) is 0.964. The van der Waals surface area contributed by atoms with Crippen LogP contribution >= 0.6 is 34.8 Å². The number of carbonyl (C=O) groups excluding carboxylic acids is 2. The van der Waals surface area contributed by atoms with Crippen molar-refractivity contribution < 1.29 is 14.3 Å². The number of anilines is 2. The quantitative estimate of drug-likeness (QED) is 0.779. The maximum atomic E-state index is 11.8. The van der Waals surface area contributed by atoms with Gasteiger partial charge in [0.2, 0.25) is 11.8 Å². The van der Waals surface area contributed by atoms with Crippen LogP contribution in [0.25, 0.3) is 0 Å². The first-order valence-electron chi connectivity index (χ1n) is 6.83. The molecule has 2 aromatic carbocycles. The van der Waals surface area contributed by atoms with E-state index in [4.69, 9.17) is 39.5 Å². The number of amides is 2. The van der Waals surface area contributed by atoms with Crippen LogP contribution in [0.3, 0.4) is 0 Å². The van der Waals surface area contributed by atoms with Crippen LogP contribution < -0.4 is 10.6 Å². The second-order valence-corrected chi connectivity index (χ2v) is 5.92. The molecule has 0 aromatic heterocycles. The summed E-state index contributed by atoms with van der Waals surface area (Å²) in [5, 5.41) is 6.32. The third-order valence-electron chi connectivity index (χ3n) is 2.82.